The van der Waals surface area contributed by atoms with Gasteiger partial charge >= 0.3 is 0 Å². The number of rotatable bonds is 2. The molecule has 118 valence electrons. The summed E-state index contributed by atoms with van der Waals surface area (Å²) in [6.45, 7) is 1.97. The molecule has 1 saturated carbocycles. The summed E-state index contributed by atoms with van der Waals surface area (Å²) in [6, 6.07) is 5.94. The van der Waals surface area contributed by atoms with Crippen molar-refractivity contribution in [2.45, 2.75) is 18.4 Å². The Morgan fingerprint density at radius 3 is 2.73 bits per heavy atom. The molecule has 0 amide bonds. The van der Waals surface area contributed by atoms with Crippen LogP contribution in [0.25, 0.3) is 10.9 Å². The number of nitrogens with one attached hydrogen (secondary N) is 1. The molecule has 0 bridgehead atoms. The van der Waals surface area contributed by atoms with E-state index < -0.39 is 10.0 Å². The predicted molar refractivity (Wildman–Crippen MR) is 89.0 cm³/mol. The van der Waals surface area contributed by atoms with Crippen LogP contribution in [-0.4, -0.2) is 49.1 Å². The average molecular weight is 340 g/mol. The van der Waals surface area contributed by atoms with Crippen LogP contribution in [0.5, 0.6) is 0 Å². The summed E-state index contributed by atoms with van der Waals surface area (Å²) in [6.07, 6.45) is 5.09. The highest BCUT2D eigenvalue weighted by atomic mass is 35.5. The van der Waals surface area contributed by atoms with Gasteiger partial charge < -0.3 is 9.88 Å². The first-order valence-electron chi connectivity index (χ1n) is 7.39. The van der Waals surface area contributed by atoms with Gasteiger partial charge in [0.1, 0.15) is 0 Å². The molecular formula is C15H18ClN3O2S. The van der Waals surface area contributed by atoms with Gasteiger partial charge in [-0.05, 0) is 31.0 Å². The highest BCUT2D eigenvalue weighted by Crippen LogP contribution is 2.47. The Morgan fingerprint density at radius 2 is 2.05 bits per heavy atom. The van der Waals surface area contributed by atoms with Crippen molar-refractivity contribution in [1.82, 2.24) is 9.29 Å². The van der Waals surface area contributed by atoms with Crippen molar-refractivity contribution in [3.05, 3.63) is 29.4 Å². The van der Waals surface area contributed by atoms with Crippen LogP contribution in [0.4, 0.5) is 5.69 Å². The highest BCUT2D eigenvalue weighted by Gasteiger charge is 2.54. The maximum atomic E-state index is 12.0. The average Bonchev–Trinajstić information content (AvgIpc) is 3.01. The molecule has 1 spiro atoms. The summed E-state index contributed by atoms with van der Waals surface area (Å²) >= 11 is 6.23. The quantitative estimate of drug-likeness (QED) is 0.914. The van der Waals surface area contributed by atoms with Gasteiger partial charge in [0.05, 0.1) is 11.8 Å². The van der Waals surface area contributed by atoms with Crippen molar-refractivity contribution < 1.29 is 8.42 Å². The normalized spacial score (nSPS) is 21.6. The lowest BCUT2D eigenvalue weighted by Crippen LogP contribution is -2.56. The second-order valence-electron chi connectivity index (χ2n) is 6.34. The number of anilines is 1. The minimum atomic E-state index is -3.14. The lowest BCUT2D eigenvalue weighted by Gasteiger charge is -2.42. The highest BCUT2D eigenvalue weighted by molar-refractivity contribution is 7.88. The number of hydrogen-bond acceptors (Lipinski definition) is 3. The van der Waals surface area contributed by atoms with Gasteiger partial charge in [-0.1, -0.05) is 11.6 Å². The number of halogens is 1. The number of benzene rings is 1. The van der Waals surface area contributed by atoms with Crippen molar-refractivity contribution in [1.29, 1.82) is 0 Å². The Bertz CT molecular complexity index is 842. The molecule has 2 aliphatic rings. The van der Waals surface area contributed by atoms with Gasteiger partial charge in [0.25, 0.3) is 0 Å². The van der Waals surface area contributed by atoms with E-state index in [1.165, 1.54) is 6.26 Å². The maximum Gasteiger partial charge on any atom is 0.211 e. The van der Waals surface area contributed by atoms with E-state index in [-0.39, 0.29) is 5.54 Å². The van der Waals surface area contributed by atoms with E-state index in [1.807, 2.05) is 24.4 Å². The smallest absolute Gasteiger partial charge is 0.211 e. The first-order chi connectivity index (χ1) is 10.4. The molecule has 1 saturated heterocycles. The molecule has 2 heterocycles. The lowest BCUT2D eigenvalue weighted by molar-refractivity contribution is 0.273. The van der Waals surface area contributed by atoms with Crippen molar-refractivity contribution in [3.8, 4) is 0 Å². The Balaban J connectivity index is 1.72. The van der Waals surface area contributed by atoms with Gasteiger partial charge in [0.15, 0.2) is 0 Å². The Hall–Kier alpha value is -1.24. The van der Waals surface area contributed by atoms with Crippen LogP contribution >= 0.6 is 11.6 Å². The molecule has 1 N–H and O–H groups in total. The fraction of sp³-hybridized carbons (Fsp3) is 0.467. The molecule has 1 aliphatic carbocycles. The molecule has 2 fully saturated rings. The first kappa shape index (κ1) is 14.4. The van der Waals surface area contributed by atoms with E-state index in [0.29, 0.717) is 18.1 Å². The Kier molecular flexibility index (Phi) is 3.02. The van der Waals surface area contributed by atoms with Gasteiger partial charge in [0.2, 0.25) is 10.0 Å². The Morgan fingerprint density at radius 1 is 1.27 bits per heavy atom. The fourth-order valence-corrected chi connectivity index (χ4v) is 5.18. The summed E-state index contributed by atoms with van der Waals surface area (Å²) in [7, 11) is -3.14. The van der Waals surface area contributed by atoms with E-state index >= 15 is 0 Å². The van der Waals surface area contributed by atoms with Gasteiger partial charge in [-0.2, -0.15) is 4.31 Å². The molecule has 22 heavy (non-hydrogen) atoms. The van der Waals surface area contributed by atoms with Crippen molar-refractivity contribution in [3.63, 3.8) is 0 Å². The molecule has 1 aromatic heterocycles. The summed E-state index contributed by atoms with van der Waals surface area (Å²) in [5, 5.41) is 1.83. The Labute approximate surface area is 134 Å². The molecule has 7 heteroatoms. The first-order valence-corrected chi connectivity index (χ1v) is 9.61. The number of piperazine rings is 1. The molecule has 4 rings (SSSR count). The second kappa shape index (κ2) is 4.63. The zero-order valence-corrected chi connectivity index (χ0v) is 13.9. The number of aromatic nitrogens is 1. The third-order valence-electron chi connectivity index (χ3n) is 4.77. The number of sulfonamides is 1. The number of H-pyrrole nitrogens is 1. The summed E-state index contributed by atoms with van der Waals surface area (Å²) in [4.78, 5) is 5.47. The van der Waals surface area contributed by atoms with Crippen LogP contribution in [0.2, 0.25) is 5.02 Å². The monoisotopic (exact) mass is 339 g/mol. The van der Waals surface area contributed by atoms with Crippen molar-refractivity contribution in [2.24, 2.45) is 0 Å². The largest absolute Gasteiger partial charge is 0.368 e. The summed E-state index contributed by atoms with van der Waals surface area (Å²) < 4.78 is 25.7. The van der Waals surface area contributed by atoms with E-state index in [0.717, 1.165) is 36.0 Å². The van der Waals surface area contributed by atoms with E-state index in [9.17, 15) is 8.42 Å². The molecule has 1 aromatic carbocycles. The number of hydrogen-bond donors (Lipinski definition) is 1. The SMILES string of the molecule is CS(=O)(=O)N1CCN(c2cc(Cl)cc3[nH]ccc23)CC12CC2. The summed E-state index contributed by atoms with van der Waals surface area (Å²) in [5.74, 6) is 0. The zero-order chi connectivity index (χ0) is 15.5. The van der Waals surface area contributed by atoms with Crippen molar-refractivity contribution in [2.75, 3.05) is 30.8 Å². The molecule has 5 nitrogen and oxygen atoms in total. The standard InChI is InChI=1S/C15H18ClN3O2S/c1-22(20,21)19-7-6-18(10-15(19)3-4-15)14-9-11(16)8-13-12(14)2-5-17-13/h2,5,8-9,17H,3-4,6-7,10H2,1H3. The minimum absolute atomic E-state index is 0.212. The number of nitrogens with zero attached hydrogens (tertiary/aromatic N) is 2. The predicted octanol–water partition coefficient (Wildman–Crippen LogP) is 2.44. The van der Waals surface area contributed by atoms with Gasteiger partial charge in [-0.3, -0.25) is 0 Å². The van der Waals surface area contributed by atoms with Crippen LogP contribution in [0.1, 0.15) is 12.8 Å². The van der Waals surface area contributed by atoms with Crippen LogP contribution in [0.3, 0.4) is 0 Å². The van der Waals surface area contributed by atoms with E-state index in [1.54, 1.807) is 4.31 Å². The second-order valence-corrected chi connectivity index (χ2v) is 8.69. The lowest BCUT2D eigenvalue weighted by atomic mass is 10.1. The molecule has 1 aliphatic heterocycles. The van der Waals surface area contributed by atoms with Crippen molar-refractivity contribution >= 4 is 38.2 Å². The van der Waals surface area contributed by atoms with Gasteiger partial charge in [-0.25, -0.2) is 8.42 Å². The van der Waals surface area contributed by atoms with Crippen LogP contribution in [0, 0.1) is 0 Å². The number of fused-ring (bicyclic) bond motifs is 1. The molecule has 0 atom stereocenters. The van der Waals surface area contributed by atoms with Crippen LogP contribution in [0.15, 0.2) is 24.4 Å². The summed E-state index contributed by atoms with van der Waals surface area (Å²) in [5.41, 5.74) is 1.89. The molecule has 0 radical (unpaired) electrons. The fourth-order valence-electron chi connectivity index (χ4n) is 3.61. The number of aromatic amines is 1. The van der Waals surface area contributed by atoms with E-state index in [4.69, 9.17) is 11.6 Å². The van der Waals surface area contributed by atoms with Gasteiger partial charge in [-0.15, -0.1) is 0 Å². The third kappa shape index (κ3) is 2.21. The molecule has 0 unspecified atom stereocenters. The third-order valence-corrected chi connectivity index (χ3v) is 6.36. The molecular weight excluding hydrogens is 322 g/mol. The minimum Gasteiger partial charge on any atom is -0.368 e. The zero-order valence-electron chi connectivity index (χ0n) is 12.3. The van der Waals surface area contributed by atoms with E-state index in [2.05, 4.69) is 9.88 Å². The maximum absolute atomic E-state index is 12.0. The topological polar surface area (TPSA) is 56.4 Å². The van der Waals surface area contributed by atoms with Crippen LogP contribution < -0.4 is 4.90 Å². The molecule has 2 aromatic rings. The van der Waals surface area contributed by atoms with Gasteiger partial charge in [0, 0.05) is 47.4 Å². The van der Waals surface area contributed by atoms with Crippen LogP contribution in [-0.2, 0) is 10.0 Å².